The number of aromatic nitrogens is 2. The number of amides is 1. The first-order valence-corrected chi connectivity index (χ1v) is 10.5. The zero-order valence-electron chi connectivity index (χ0n) is 17.7. The Kier molecular flexibility index (Phi) is 6.26. The summed E-state index contributed by atoms with van der Waals surface area (Å²) < 4.78 is 1.87. The molecular weight excluding hydrogens is 374 g/mol. The fourth-order valence-electron chi connectivity index (χ4n) is 3.82. The Morgan fingerprint density at radius 2 is 1.70 bits per heavy atom. The molecule has 4 rings (SSSR count). The third-order valence-corrected chi connectivity index (χ3v) is 5.82. The third kappa shape index (κ3) is 4.96. The van der Waals surface area contributed by atoms with E-state index in [0.29, 0.717) is 6.54 Å². The lowest BCUT2D eigenvalue weighted by Crippen LogP contribution is -2.48. The number of nitrogens with zero attached hydrogens (tertiary/aromatic N) is 4. The highest BCUT2D eigenvalue weighted by Crippen LogP contribution is 2.18. The van der Waals surface area contributed by atoms with E-state index in [2.05, 4.69) is 57.5 Å². The molecule has 6 heteroatoms. The molecule has 0 atom stereocenters. The van der Waals surface area contributed by atoms with Gasteiger partial charge in [-0.15, -0.1) is 0 Å². The van der Waals surface area contributed by atoms with Gasteiger partial charge in [0.15, 0.2) is 0 Å². The second-order valence-corrected chi connectivity index (χ2v) is 7.97. The van der Waals surface area contributed by atoms with Crippen LogP contribution in [0.15, 0.2) is 60.9 Å². The molecule has 30 heavy (non-hydrogen) atoms. The number of piperazine rings is 1. The van der Waals surface area contributed by atoms with E-state index in [4.69, 9.17) is 0 Å². The Balaban J connectivity index is 1.24. The van der Waals surface area contributed by atoms with Crippen molar-refractivity contribution >= 4 is 11.6 Å². The summed E-state index contributed by atoms with van der Waals surface area (Å²) >= 11 is 0. The lowest BCUT2D eigenvalue weighted by molar-refractivity contribution is -0.117. The van der Waals surface area contributed by atoms with Crippen LogP contribution in [0.1, 0.15) is 16.7 Å². The van der Waals surface area contributed by atoms with Crippen LogP contribution in [0.5, 0.6) is 0 Å². The molecule has 0 aliphatic carbocycles. The lowest BCUT2D eigenvalue weighted by Gasteiger charge is -2.34. The second kappa shape index (κ2) is 9.24. The van der Waals surface area contributed by atoms with Gasteiger partial charge in [-0.25, -0.2) is 4.68 Å². The van der Waals surface area contributed by atoms with Crippen molar-refractivity contribution in [2.75, 3.05) is 38.0 Å². The maximum Gasteiger partial charge on any atom is 0.238 e. The summed E-state index contributed by atoms with van der Waals surface area (Å²) in [5.74, 6) is 0.0614. The first kappa shape index (κ1) is 20.3. The molecule has 156 valence electrons. The maximum atomic E-state index is 12.5. The molecule has 1 aliphatic heterocycles. The molecule has 0 unspecified atom stereocenters. The molecule has 1 aliphatic rings. The number of carbonyl (C=O) groups excluding carboxylic acids is 1. The molecule has 6 nitrogen and oxygen atoms in total. The predicted molar refractivity (Wildman–Crippen MR) is 120 cm³/mol. The standard InChI is InChI=1S/C24H29N5O/c1-19-5-3-6-23(20(19)2)26-24(30)18-28-15-13-27(14-16-28)17-21-7-9-22(10-8-21)29-12-4-11-25-29/h3-12H,13-18H2,1-2H3,(H,26,30). The molecule has 2 aromatic carbocycles. The molecule has 2 heterocycles. The number of benzene rings is 2. The van der Waals surface area contributed by atoms with Gasteiger partial charge in [-0.3, -0.25) is 14.6 Å². The number of anilines is 1. The van der Waals surface area contributed by atoms with Crippen molar-refractivity contribution in [3.63, 3.8) is 0 Å². The molecule has 1 aromatic heterocycles. The van der Waals surface area contributed by atoms with Gasteiger partial charge in [0.05, 0.1) is 12.2 Å². The van der Waals surface area contributed by atoms with Crippen LogP contribution in [-0.4, -0.2) is 58.2 Å². The highest BCUT2D eigenvalue weighted by atomic mass is 16.2. The molecule has 1 saturated heterocycles. The summed E-state index contributed by atoms with van der Waals surface area (Å²) in [6.07, 6.45) is 3.74. The average molecular weight is 404 g/mol. The molecule has 1 fully saturated rings. The van der Waals surface area contributed by atoms with Gasteiger partial charge in [-0.1, -0.05) is 24.3 Å². The van der Waals surface area contributed by atoms with E-state index >= 15 is 0 Å². The van der Waals surface area contributed by atoms with E-state index in [0.717, 1.165) is 49.7 Å². The zero-order chi connectivity index (χ0) is 20.9. The Labute approximate surface area is 178 Å². The van der Waals surface area contributed by atoms with Crippen LogP contribution in [0.3, 0.4) is 0 Å². The van der Waals surface area contributed by atoms with E-state index in [1.54, 1.807) is 6.20 Å². The van der Waals surface area contributed by atoms with Crippen molar-refractivity contribution in [3.8, 4) is 5.69 Å². The molecular formula is C24H29N5O. The van der Waals surface area contributed by atoms with Crippen LogP contribution in [0.4, 0.5) is 5.69 Å². The minimum atomic E-state index is 0.0614. The molecule has 0 bridgehead atoms. The molecule has 0 spiro atoms. The monoisotopic (exact) mass is 403 g/mol. The maximum absolute atomic E-state index is 12.5. The zero-order valence-corrected chi connectivity index (χ0v) is 17.7. The summed E-state index contributed by atoms with van der Waals surface area (Å²) in [5.41, 5.74) is 5.61. The smallest absolute Gasteiger partial charge is 0.238 e. The Bertz CT molecular complexity index is 973. The van der Waals surface area contributed by atoms with Crippen LogP contribution in [0.25, 0.3) is 5.69 Å². The van der Waals surface area contributed by atoms with Crippen LogP contribution >= 0.6 is 0 Å². The lowest BCUT2D eigenvalue weighted by atomic mass is 10.1. The average Bonchev–Trinajstić information content (AvgIpc) is 3.28. The summed E-state index contributed by atoms with van der Waals surface area (Å²) in [5, 5.41) is 7.33. The van der Waals surface area contributed by atoms with Crippen LogP contribution in [-0.2, 0) is 11.3 Å². The summed E-state index contributed by atoms with van der Waals surface area (Å²) in [6, 6.07) is 16.5. The fourth-order valence-corrected chi connectivity index (χ4v) is 3.82. The number of hydrogen-bond donors (Lipinski definition) is 1. The van der Waals surface area contributed by atoms with Crippen LogP contribution < -0.4 is 5.32 Å². The topological polar surface area (TPSA) is 53.4 Å². The number of nitrogens with one attached hydrogen (secondary N) is 1. The first-order valence-electron chi connectivity index (χ1n) is 10.5. The Morgan fingerprint density at radius 1 is 0.967 bits per heavy atom. The van der Waals surface area contributed by atoms with Crippen LogP contribution in [0.2, 0.25) is 0 Å². The van der Waals surface area contributed by atoms with Crippen molar-refractivity contribution in [2.24, 2.45) is 0 Å². The minimum absolute atomic E-state index is 0.0614. The minimum Gasteiger partial charge on any atom is -0.325 e. The number of hydrogen-bond acceptors (Lipinski definition) is 4. The SMILES string of the molecule is Cc1cccc(NC(=O)CN2CCN(Cc3ccc(-n4cccn4)cc3)CC2)c1C. The second-order valence-electron chi connectivity index (χ2n) is 7.97. The molecule has 1 amide bonds. The fraction of sp³-hybridized carbons (Fsp3) is 0.333. The van der Waals surface area contributed by atoms with Gasteiger partial charge in [-0.05, 0) is 54.8 Å². The Morgan fingerprint density at radius 3 is 2.40 bits per heavy atom. The third-order valence-electron chi connectivity index (χ3n) is 5.82. The van der Waals surface area contributed by atoms with Gasteiger partial charge >= 0.3 is 0 Å². The predicted octanol–water partition coefficient (Wildman–Crippen LogP) is 3.25. The van der Waals surface area contributed by atoms with E-state index in [9.17, 15) is 4.79 Å². The summed E-state index contributed by atoms with van der Waals surface area (Å²) in [6.45, 7) is 9.24. The highest BCUT2D eigenvalue weighted by Gasteiger charge is 2.19. The van der Waals surface area contributed by atoms with E-state index in [-0.39, 0.29) is 5.91 Å². The normalized spacial score (nSPS) is 15.3. The van der Waals surface area contributed by atoms with E-state index in [1.807, 2.05) is 36.0 Å². The number of rotatable bonds is 6. The van der Waals surface area contributed by atoms with Crippen LogP contribution in [0, 0.1) is 13.8 Å². The molecule has 1 N–H and O–H groups in total. The summed E-state index contributed by atoms with van der Waals surface area (Å²) in [7, 11) is 0. The van der Waals surface area contributed by atoms with Gasteiger partial charge < -0.3 is 5.32 Å². The largest absolute Gasteiger partial charge is 0.325 e. The van der Waals surface area contributed by atoms with Crippen molar-refractivity contribution in [2.45, 2.75) is 20.4 Å². The Hall–Kier alpha value is -2.96. The van der Waals surface area contributed by atoms with Gasteiger partial charge in [0, 0.05) is 50.8 Å². The van der Waals surface area contributed by atoms with Gasteiger partial charge in [0.1, 0.15) is 0 Å². The quantitative estimate of drug-likeness (QED) is 0.687. The number of aryl methyl sites for hydroxylation is 1. The van der Waals surface area contributed by atoms with E-state index < -0.39 is 0 Å². The van der Waals surface area contributed by atoms with Crippen molar-refractivity contribution < 1.29 is 4.79 Å². The van der Waals surface area contributed by atoms with Gasteiger partial charge in [0.25, 0.3) is 0 Å². The molecule has 3 aromatic rings. The highest BCUT2D eigenvalue weighted by molar-refractivity contribution is 5.93. The molecule has 0 radical (unpaired) electrons. The number of carbonyl (C=O) groups is 1. The summed E-state index contributed by atoms with van der Waals surface area (Å²) in [4.78, 5) is 17.2. The van der Waals surface area contributed by atoms with Crippen molar-refractivity contribution in [3.05, 3.63) is 77.6 Å². The van der Waals surface area contributed by atoms with Gasteiger partial charge in [-0.2, -0.15) is 5.10 Å². The first-order chi connectivity index (χ1) is 14.6. The van der Waals surface area contributed by atoms with Crippen molar-refractivity contribution in [1.82, 2.24) is 19.6 Å². The van der Waals surface area contributed by atoms with Crippen molar-refractivity contribution in [1.29, 1.82) is 0 Å². The van der Waals surface area contributed by atoms with Gasteiger partial charge in [0.2, 0.25) is 5.91 Å². The molecule has 0 saturated carbocycles. The van der Waals surface area contributed by atoms with E-state index in [1.165, 1.54) is 11.1 Å².